The molecule has 4 N–H and O–H groups in total. The van der Waals surface area contributed by atoms with Crippen LogP contribution in [0.5, 0.6) is 0 Å². The third-order valence-corrected chi connectivity index (χ3v) is 4.03. The van der Waals surface area contributed by atoms with Gasteiger partial charge in [0.2, 0.25) is 0 Å². The molecule has 2 fully saturated rings. The van der Waals surface area contributed by atoms with E-state index in [1.54, 1.807) is 6.07 Å². The van der Waals surface area contributed by atoms with Crippen molar-refractivity contribution in [1.29, 1.82) is 0 Å². The van der Waals surface area contributed by atoms with E-state index in [9.17, 15) is 4.79 Å². The second-order valence-corrected chi connectivity index (χ2v) is 5.48. The number of nitrogens with two attached hydrogens (primary N) is 2. The summed E-state index contributed by atoms with van der Waals surface area (Å²) >= 11 is 0. The number of carbonyl (C=O) groups is 1. The van der Waals surface area contributed by atoms with Gasteiger partial charge in [0.1, 0.15) is 11.6 Å². The molecule has 3 heterocycles. The quantitative estimate of drug-likeness (QED) is 0.810. The van der Waals surface area contributed by atoms with Crippen molar-refractivity contribution in [3.05, 3.63) is 12.1 Å². The molecular weight excluding hydrogens is 341 g/mol. The van der Waals surface area contributed by atoms with Crippen LogP contribution >= 0.6 is 24.8 Å². The summed E-state index contributed by atoms with van der Waals surface area (Å²) in [6.07, 6.45) is 1.74. The molecule has 7 nitrogen and oxygen atoms in total. The number of halogens is 2. The Bertz CT molecular complexity index is 540. The van der Waals surface area contributed by atoms with Gasteiger partial charge in [0.05, 0.1) is 18.8 Å². The zero-order chi connectivity index (χ0) is 14.8. The third-order valence-electron chi connectivity index (χ3n) is 4.03. The van der Waals surface area contributed by atoms with Gasteiger partial charge in [0.25, 0.3) is 5.91 Å². The molecule has 2 aliphatic heterocycles. The first-order valence-electron chi connectivity index (χ1n) is 7.32. The standard InChI is InChI=1S/C14H21N5O2.2ClH/c15-10-3-4-12(17-13(10)16)19-7-8-21-11(9-19)14(20)18-5-1-2-6-18;;/h3-4,11H,1-2,5-9,15H2,(H2,16,17);2*1H/t11-;;/m1../s1. The topological polar surface area (TPSA) is 97.7 Å². The van der Waals surface area contributed by atoms with Gasteiger partial charge in [0, 0.05) is 19.6 Å². The Labute approximate surface area is 148 Å². The van der Waals surface area contributed by atoms with E-state index >= 15 is 0 Å². The molecule has 1 aromatic rings. The van der Waals surface area contributed by atoms with Crippen molar-refractivity contribution in [1.82, 2.24) is 9.88 Å². The van der Waals surface area contributed by atoms with Crippen molar-refractivity contribution in [2.45, 2.75) is 18.9 Å². The molecule has 0 spiro atoms. The first kappa shape index (κ1) is 19.6. The van der Waals surface area contributed by atoms with Crippen LogP contribution in [0.3, 0.4) is 0 Å². The summed E-state index contributed by atoms with van der Waals surface area (Å²) in [6.45, 7) is 3.39. The summed E-state index contributed by atoms with van der Waals surface area (Å²) in [5.74, 6) is 1.14. The Morgan fingerprint density at radius 1 is 1.17 bits per heavy atom. The number of rotatable bonds is 2. The van der Waals surface area contributed by atoms with Crippen LogP contribution in [0.4, 0.5) is 17.3 Å². The van der Waals surface area contributed by atoms with Crippen LogP contribution in [-0.4, -0.2) is 54.7 Å². The van der Waals surface area contributed by atoms with E-state index in [4.69, 9.17) is 16.2 Å². The Morgan fingerprint density at radius 3 is 2.52 bits per heavy atom. The minimum Gasteiger partial charge on any atom is -0.396 e. The predicted octanol–water partition coefficient (Wildman–Crippen LogP) is 0.917. The highest BCUT2D eigenvalue weighted by atomic mass is 35.5. The van der Waals surface area contributed by atoms with E-state index in [2.05, 4.69) is 4.98 Å². The fourth-order valence-corrected chi connectivity index (χ4v) is 2.80. The van der Waals surface area contributed by atoms with Gasteiger partial charge >= 0.3 is 0 Å². The lowest BCUT2D eigenvalue weighted by Gasteiger charge is -2.34. The maximum Gasteiger partial charge on any atom is 0.253 e. The molecule has 0 unspecified atom stereocenters. The Balaban J connectivity index is 0.00000132. The third kappa shape index (κ3) is 4.31. The number of nitrogen functional groups attached to an aromatic ring is 2. The fraction of sp³-hybridized carbons (Fsp3) is 0.571. The molecule has 0 saturated carbocycles. The lowest BCUT2D eigenvalue weighted by atomic mass is 10.2. The van der Waals surface area contributed by atoms with E-state index in [1.165, 1.54) is 0 Å². The molecule has 2 aliphatic rings. The summed E-state index contributed by atoms with van der Waals surface area (Å²) < 4.78 is 5.64. The van der Waals surface area contributed by atoms with Gasteiger partial charge in [-0.2, -0.15) is 0 Å². The highest BCUT2D eigenvalue weighted by Crippen LogP contribution is 2.21. The maximum atomic E-state index is 12.4. The normalized spacial score (nSPS) is 20.6. The molecule has 0 aromatic carbocycles. The van der Waals surface area contributed by atoms with Crippen LogP contribution in [0.2, 0.25) is 0 Å². The van der Waals surface area contributed by atoms with E-state index in [-0.39, 0.29) is 30.7 Å². The first-order valence-corrected chi connectivity index (χ1v) is 7.32. The number of nitrogens with zero attached hydrogens (tertiary/aromatic N) is 3. The minimum atomic E-state index is -0.419. The van der Waals surface area contributed by atoms with Crippen molar-refractivity contribution in [2.75, 3.05) is 49.2 Å². The van der Waals surface area contributed by atoms with Crippen molar-refractivity contribution in [3.63, 3.8) is 0 Å². The smallest absolute Gasteiger partial charge is 0.253 e. The van der Waals surface area contributed by atoms with Gasteiger partial charge in [-0.05, 0) is 25.0 Å². The number of morpholine rings is 1. The van der Waals surface area contributed by atoms with Gasteiger partial charge < -0.3 is 26.0 Å². The van der Waals surface area contributed by atoms with Crippen molar-refractivity contribution in [3.8, 4) is 0 Å². The molecule has 1 atom stereocenters. The molecule has 130 valence electrons. The summed E-state index contributed by atoms with van der Waals surface area (Å²) in [4.78, 5) is 20.6. The number of anilines is 3. The Kier molecular flexibility index (Phi) is 7.18. The Hall–Kier alpha value is -1.44. The highest BCUT2D eigenvalue weighted by Gasteiger charge is 2.31. The SMILES string of the molecule is Cl.Cl.Nc1ccc(N2CCO[C@@H](C(=O)N3CCCC3)C2)nc1N. The number of amides is 1. The largest absolute Gasteiger partial charge is 0.396 e. The Morgan fingerprint density at radius 2 is 1.87 bits per heavy atom. The molecule has 3 rings (SSSR count). The molecule has 23 heavy (non-hydrogen) atoms. The van der Waals surface area contributed by atoms with E-state index in [1.807, 2.05) is 15.9 Å². The van der Waals surface area contributed by atoms with Crippen molar-refractivity contribution < 1.29 is 9.53 Å². The van der Waals surface area contributed by atoms with Crippen LogP contribution in [0.1, 0.15) is 12.8 Å². The molecule has 0 aliphatic carbocycles. The van der Waals surface area contributed by atoms with Gasteiger partial charge in [-0.15, -0.1) is 24.8 Å². The molecule has 0 radical (unpaired) electrons. The van der Waals surface area contributed by atoms with Crippen LogP contribution < -0.4 is 16.4 Å². The molecule has 0 bridgehead atoms. The zero-order valence-corrected chi connectivity index (χ0v) is 14.4. The average Bonchev–Trinajstić information content (AvgIpc) is 3.04. The fourth-order valence-electron chi connectivity index (χ4n) is 2.80. The molecule has 9 heteroatoms. The van der Waals surface area contributed by atoms with Gasteiger partial charge in [-0.3, -0.25) is 4.79 Å². The summed E-state index contributed by atoms with van der Waals surface area (Å²) in [5.41, 5.74) is 11.9. The van der Waals surface area contributed by atoms with Crippen LogP contribution in [0.25, 0.3) is 0 Å². The van der Waals surface area contributed by atoms with E-state index in [0.717, 1.165) is 31.7 Å². The van der Waals surface area contributed by atoms with Gasteiger partial charge in [-0.1, -0.05) is 0 Å². The second-order valence-electron chi connectivity index (χ2n) is 5.48. The number of pyridine rings is 1. The molecule has 2 saturated heterocycles. The molecular formula is C14H23Cl2N5O2. The number of carbonyl (C=O) groups excluding carboxylic acids is 1. The first-order chi connectivity index (χ1) is 10.1. The average molecular weight is 364 g/mol. The van der Waals surface area contributed by atoms with Crippen molar-refractivity contribution in [2.24, 2.45) is 0 Å². The predicted molar refractivity (Wildman–Crippen MR) is 95.3 cm³/mol. The minimum absolute atomic E-state index is 0. The van der Waals surface area contributed by atoms with Gasteiger partial charge in [0.15, 0.2) is 6.10 Å². The monoisotopic (exact) mass is 363 g/mol. The molecule has 1 amide bonds. The van der Waals surface area contributed by atoms with Crippen LogP contribution in [-0.2, 0) is 9.53 Å². The number of likely N-dealkylation sites (tertiary alicyclic amines) is 1. The zero-order valence-electron chi connectivity index (χ0n) is 12.8. The number of ether oxygens (including phenoxy) is 1. The van der Waals surface area contributed by atoms with Crippen LogP contribution in [0.15, 0.2) is 12.1 Å². The number of aromatic nitrogens is 1. The lowest BCUT2D eigenvalue weighted by Crippen LogP contribution is -2.50. The van der Waals surface area contributed by atoms with Crippen molar-refractivity contribution >= 4 is 48.0 Å². The number of hydrogen-bond acceptors (Lipinski definition) is 6. The van der Waals surface area contributed by atoms with E-state index < -0.39 is 6.10 Å². The summed E-state index contributed by atoms with van der Waals surface area (Å²) in [6, 6.07) is 3.57. The second kappa shape index (κ2) is 8.42. The van der Waals surface area contributed by atoms with Crippen LogP contribution in [0, 0.1) is 0 Å². The molecule has 1 aromatic heterocycles. The van der Waals surface area contributed by atoms with E-state index in [0.29, 0.717) is 31.2 Å². The van der Waals surface area contributed by atoms with Gasteiger partial charge in [-0.25, -0.2) is 4.98 Å². The maximum absolute atomic E-state index is 12.4. The summed E-state index contributed by atoms with van der Waals surface area (Å²) in [5, 5.41) is 0. The number of hydrogen-bond donors (Lipinski definition) is 2. The highest BCUT2D eigenvalue weighted by molar-refractivity contribution is 5.85. The lowest BCUT2D eigenvalue weighted by molar-refractivity contribution is -0.143. The summed E-state index contributed by atoms with van der Waals surface area (Å²) in [7, 11) is 0.